The number of esters is 1. The maximum atomic E-state index is 12.9. The van der Waals surface area contributed by atoms with E-state index in [0.717, 1.165) is 16.8 Å². The first-order valence-electron chi connectivity index (χ1n) is 9.10. The van der Waals surface area contributed by atoms with Gasteiger partial charge < -0.3 is 9.15 Å². The van der Waals surface area contributed by atoms with Crippen LogP contribution >= 0.6 is 24.0 Å². The molecule has 1 fully saturated rings. The van der Waals surface area contributed by atoms with Crippen molar-refractivity contribution >= 4 is 51.9 Å². The minimum atomic E-state index is -0.397. The SMILES string of the molecule is COC(=O)c1cccc(-c2ccc(/C=C3/SC(=S)N(c4ccccc4)C3=O)o2)c1C. The first kappa shape index (κ1) is 20.1. The molecule has 1 aliphatic rings. The normalized spacial score (nSPS) is 15.1. The summed E-state index contributed by atoms with van der Waals surface area (Å²) >= 11 is 6.63. The highest BCUT2D eigenvalue weighted by Gasteiger charge is 2.33. The number of thioether (sulfide) groups is 1. The van der Waals surface area contributed by atoms with Gasteiger partial charge in [0.15, 0.2) is 4.32 Å². The van der Waals surface area contributed by atoms with Crippen LogP contribution in [0.3, 0.4) is 0 Å². The molecule has 1 amide bonds. The van der Waals surface area contributed by atoms with Crippen molar-refractivity contribution in [2.24, 2.45) is 0 Å². The molecule has 7 heteroatoms. The number of amides is 1. The molecule has 0 bridgehead atoms. The van der Waals surface area contributed by atoms with Gasteiger partial charge in [0.2, 0.25) is 0 Å². The van der Waals surface area contributed by atoms with Gasteiger partial charge in [-0.1, -0.05) is 54.3 Å². The van der Waals surface area contributed by atoms with Crippen LogP contribution in [0.25, 0.3) is 17.4 Å². The molecular formula is C23H17NO4S2. The van der Waals surface area contributed by atoms with Crippen LogP contribution in [0.1, 0.15) is 21.7 Å². The van der Waals surface area contributed by atoms with Crippen LogP contribution in [0.2, 0.25) is 0 Å². The monoisotopic (exact) mass is 435 g/mol. The number of benzene rings is 2. The third kappa shape index (κ3) is 3.69. The number of rotatable bonds is 4. The number of methoxy groups -OCH3 is 1. The van der Waals surface area contributed by atoms with Gasteiger partial charge >= 0.3 is 5.97 Å². The maximum absolute atomic E-state index is 12.9. The molecule has 0 aliphatic carbocycles. The number of thiocarbonyl (C=S) groups is 1. The Labute approximate surface area is 183 Å². The predicted molar refractivity (Wildman–Crippen MR) is 122 cm³/mol. The van der Waals surface area contributed by atoms with Gasteiger partial charge in [0.05, 0.1) is 23.3 Å². The van der Waals surface area contributed by atoms with E-state index in [4.69, 9.17) is 21.4 Å². The molecule has 1 saturated heterocycles. The van der Waals surface area contributed by atoms with E-state index < -0.39 is 5.97 Å². The highest BCUT2D eigenvalue weighted by Crippen LogP contribution is 2.37. The molecule has 4 rings (SSSR count). The third-order valence-electron chi connectivity index (χ3n) is 4.71. The molecule has 0 unspecified atom stereocenters. The largest absolute Gasteiger partial charge is 0.465 e. The lowest BCUT2D eigenvalue weighted by atomic mass is 10.0. The highest BCUT2D eigenvalue weighted by atomic mass is 32.2. The second-order valence-electron chi connectivity index (χ2n) is 6.52. The van der Waals surface area contributed by atoms with Crippen molar-refractivity contribution in [3.05, 3.63) is 82.5 Å². The summed E-state index contributed by atoms with van der Waals surface area (Å²) in [5.41, 5.74) is 2.77. The standard InChI is InChI=1S/C23H17NO4S2/c1-14-17(9-6-10-18(14)22(26)27-2)19-12-11-16(28-19)13-20-21(25)24(23(29)30-20)15-7-4-3-5-8-15/h3-13H,1-2H3/b20-13+. The third-order valence-corrected chi connectivity index (χ3v) is 6.01. The van der Waals surface area contributed by atoms with E-state index in [9.17, 15) is 9.59 Å². The van der Waals surface area contributed by atoms with Gasteiger partial charge in [0.1, 0.15) is 11.5 Å². The number of ether oxygens (including phenoxy) is 1. The lowest BCUT2D eigenvalue weighted by molar-refractivity contribution is -0.113. The van der Waals surface area contributed by atoms with Crippen molar-refractivity contribution in [2.45, 2.75) is 6.92 Å². The molecule has 0 N–H and O–H groups in total. The first-order chi connectivity index (χ1) is 14.5. The van der Waals surface area contributed by atoms with Gasteiger partial charge in [-0.2, -0.15) is 0 Å². The zero-order chi connectivity index (χ0) is 21.3. The zero-order valence-electron chi connectivity index (χ0n) is 16.2. The topological polar surface area (TPSA) is 59.8 Å². The quantitative estimate of drug-likeness (QED) is 0.309. The lowest BCUT2D eigenvalue weighted by Crippen LogP contribution is -2.27. The highest BCUT2D eigenvalue weighted by molar-refractivity contribution is 8.27. The van der Waals surface area contributed by atoms with E-state index >= 15 is 0 Å². The summed E-state index contributed by atoms with van der Waals surface area (Å²) in [6.07, 6.45) is 1.69. The molecule has 2 aromatic carbocycles. The molecule has 0 atom stereocenters. The van der Waals surface area contributed by atoms with Gasteiger partial charge in [0, 0.05) is 11.6 Å². The van der Waals surface area contributed by atoms with E-state index in [1.165, 1.54) is 23.8 Å². The number of carbonyl (C=O) groups is 2. The van der Waals surface area contributed by atoms with Crippen LogP contribution in [0.5, 0.6) is 0 Å². The Bertz CT molecular complexity index is 1180. The smallest absolute Gasteiger partial charge is 0.338 e. The van der Waals surface area contributed by atoms with Crippen molar-refractivity contribution in [3.8, 4) is 11.3 Å². The Morgan fingerprint density at radius 1 is 1.10 bits per heavy atom. The number of carbonyl (C=O) groups excluding carboxylic acids is 2. The average Bonchev–Trinajstić information content (AvgIpc) is 3.32. The second-order valence-corrected chi connectivity index (χ2v) is 8.20. The minimum Gasteiger partial charge on any atom is -0.465 e. The predicted octanol–water partition coefficient (Wildman–Crippen LogP) is 5.45. The maximum Gasteiger partial charge on any atom is 0.338 e. The van der Waals surface area contributed by atoms with E-state index in [0.29, 0.717) is 26.3 Å². The van der Waals surface area contributed by atoms with Crippen LogP contribution in [-0.4, -0.2) is 23.3 Å². The van der Waals surface area contributed by atoms with E-state index in [1.54, 1.807) is 24.3 Å². The number of para-hydroxylation sites is 1. The van der Waals surface area contributed by atoms with Crippen molar-refractivity contribution in [3.63, 3.8) is 0 Å². The fourth-order valence-corrected chi connectivity index (χ4v) is 4.48. The summed E-state index contributed by atoms with van der Waals surface area (Å²) in [4.78, 5) is 26.8. The molecule has 0 saturated carbocycles. The summed E-state index contributed by atoms with van der Waals surface area (Å²) in [6, 6.07) is 18.3. The molecule has 2 heterocycles. The summed E-state index contributed by atoms with van der Waals surface area (Å²) in [7, 11) is 1.35. The van der Waals surface area contributed by atoms with Crippen LogP contribution in [0.4, 0.5) is 5.69 Å². The van der Waals surface area contributed by atoms with E-state index in [-0.39, 0.29) is 5.91 Å². The molecule has 0 radical (unpaired) electrons. The molecule has 3 aromatic rings. The van der Waals surface area contributed by atoms with Gasteiger partial charge in [0.25, 0.3) is 5.91 Å². The molecule has 1 aromatic heterocycles. The molecule has 30 heavy (non-hydrogen) atoms. The zero-order valence-corrected chi connectivity index (χ0v) is 17.9. The van der Waals surface area contributed by atoms with Crippen LogP contribution in [0.15, 0.2) is 70.0 Å². The molecular weight excluding hydrogens is 418 g/mol. The second kappa shape index (κ2) is 8.30. The number of hydrogen-bond acceptors (Lipinski definition) is 6. The summed E-state index contributed by atoms with van der Waals surface area (Å²) < 4.78 is 11.3. The summed E-state index contributed by atoms with van der Waals surface area (Å²) in [6.45, 7) is 1.84. The Morgan fingerprint density at radius 3 is 2.60 bits per heavy atom. The fraction of sp³-hybridized carbons (Fsp3) is 0.0870. The van der Waals surface area contributed by atoms with Gasteiger partial charge in [-0.25, -0.2) is 4.79 Å². The van der Waals surface area contributed by atoms with Gasteiger partial charge in [-0.3, -0.25) is 9.69 Å². The Balaban J connectivity index is 1.63. The van der Waals surface area contributed by atoms with Gasteiger partial charge in [-0.15, -0.1) is 0 Å². The number of anilines is 1. The van der Waals surface area contributed by atoms with Crippen LogP contribution in [0, 0.1) is 6.92 Å². The summed E-state index contributed by atoms with van der Waals surface area (Å²) in [5, 5.41) is 0. The average molecular weight is 436 g/mol. The minimum absolute atomic E-state index is 0.182. The molecule has 0 spiro atoms. The van der Waals surface area contributed by atoms with Gasteiger partial charge in [-0.05, 0) is 42.8 Å². The fourth-order valence-electron chi connectivity index (χ4n) is 3.21. The molecule has 150 valence electrons. The Morgan fingerprint density at radius 2 is 1.87 bits per heavy atom. The Kier molecular flexibility index (Phi) is 5.57. The number of furan rings is 1. The molecule has 5 nitrogen and oxygen atoms in total. The number of hydrogen-bond donors (Lipinski definition) is 0. The molecule has 1 aliphatic heterocycles. The van der Waals surface area contributed by atoms with E-state index in [2.05, 4.69) is 0 Å². The van der Waals surface area contributed by atoms with Crippen molar-refractivity contribution in [1.29, 1.82) is 0 Å². The van der Waals surface area contributed by atoms with Crippen molar-refractivity contribution in [2.75, 3.05) is 12.0 Å². The lowest BCUT2D eigenvalue weighted by Gasteiger charge is -2.13. The first-order valence-corrected chi connectivity index (χ1v) is 10.3. The number of nitrogens with zero attached hydrogens (tertiary/aromatic N) is 1. The Hall–Kier alpha value is -3.16. The van der Waals surface area contributed by atoms with Crippen molar-refractivity contribution < 1.29 is 18.7 Å². The summed E-state index contributed by atoms with van der Waals surface area (Å²) in [5.74, 6) is 0.549. The van der Waals surface area contributed by atoms with Crippen molar-refractivity contribution in [1.82, 2.24) is 0 Å². The van der Waals surface area contributed by atoms with Crippen LogP contribution < -0.4 is 4.90 Å². The van der Waals surface area contributed by atoms with E-state index in [1.807, 2.05) is 49.4 Å². The van der Waals surface area contributed by atoms with Crippen LogP contribution in [-0.2, 0) is 9.53 Å².